The van der Waals surface area contributed by atoms with Crippen molar-refractivity contribution < 1.29 is 35.1 Å². The molecule has 1 fully saturated rings. The Morgan fingerprint density at radius 3 is 2.50 bits per heavy atom. The molecule has 94 valence electrons. The molecule has 0 bridgehead atoms. The maximum atomic E-state index is 10.7. The van der Waals surface area contributed by atoms with Gasteiger partial charge in [0.25, 0.3) is 0 Å². The van der Waals surface area contributed by atoms with Gasteiger partial charge in [-0.15, -0.1) is 0 Å². The topological polar surface area (TPSA) is 127 Å². The maximum absolute atomic E-state index is 10.7. The summed E-state index contributed by atoms with van der Waals surface area (Å²) in [5, 5.41) is 45.5. The second-order valence-electron chi connectivity index (χ2n) is 3.87. The molecule has 0 aromatic rings. The lowest BCUT2D eigenvalue weighted by Crippen LogP contribution is -2.49. The summed E-state index contributed by atoms with van der Waals surface area (Å²) in [6.45, 7) is -0.658. The van der Waals surface area contributed by atoms with Gasteiger partial charge in [0.05, 0.1) is 18.8 Å². The van der Waals surface area contributed by atoms with E-state index in [1.807, 2.05) is 0 Å². The number of carboxylic acid groups (broad SMARTS) is 1. The zero-order chi connectivity index (χ0) is 12.3. The Hall–Kier alpha value is -0.730. The first-order valence-corrected chi connectivity index (χ1v) is 4.99. The fourth-order valence-corrected chi connectivity index (χ4v) is 1.67. The average molecular weight is 236 g/mol. The van der Waals surface area contributed by atoms with Crippen LogP contribution in [0.25, 0.3) is 0 Å². The maximum Gasteiger partial charge on any atom is 0.332 e. The van der Waals surface area contributed by atoms with E-state index < -0.39 is 43.1 Å². The molecule has 0 aromatic heterocycles. The van der Waals surface area contributed by atoms with Crippen molar-refractivity contribution in [3.05, 3.63) is 0 Å². The van der Waals surface area contributed by atoms with Gasteiger partial charge in [-0.1, -0.05) is 0 Å². The Bertz CT molecular complexity index is 244. The summed E-state index contributed by atoms with van der Waals surface area (Å²) in [6, 6.07) is 0. The zero-order valence-electron chi connectivity index (χ0n) is 8.56. The molecule has 0 spiro atoms. The smallest absolute Gasteiger partial charge is 0.332 e. The average Bonchev–Trinajstić information content (AvgIpc) is 2.26. The molecule has 1 rings (SSSR count). The van der Waals surface area contributed by atoms with Gasteiger partial charge in [0.2, 0.25) is 0 Å². The number of hydrogen-bond acceptors (Lipinski definition) is 6. The van der Waals surface area contributed by atoms with Gasteiger partial charge in [-0.25, -0.2) is 4.79 Å². The second-order valence-corrected chi connectivity index (χ2v) is 3.87. The van der Waals surface area contributed by atoms with Crippen LogP contribution in [0, 0.1) is 0 Å². The van der Waals surface area contributed by atoms with Crippen molar-refractivity contribution in [1.29, 1.82) is 0 Å². The van der Waals surface area contributed by atoms with Crippen LogP contribution in [0.4, 0.5) is 0 Å². The van der Waals surface area contributed by atoms with Gasteiger partial charge >= 0.3 is 5.97 Å². The van der Waals surface area contributed by atoms with E-state index in [2.05, 4.69) is 0 Å². The third-order valence-electron chi connectivity index (χ3n) is 2.57. The normalized spacial score (nSPS) is 34.4. The molecule has 0 radical (unpaired) electrons. The van der Waals surface area contributed by atoms with Gasteiger partial charge in [-0.2, -0.15) is 0 Å². The standard InChI is InChI=1S/C9H16O7/c10-3-5(12)8(13)6-1-4(11)2-7(16-6)9(14)15/h4-8,10-13H,1-3H2,(H,14,15). The molecular formula is C9H16O7. The molecule has 1 aliphatic heterocycles. The monoisotopic (exact) mass is 236 g/mol. The van der Waals surface area contributed by atoms with Crippen LogP contribution >= 0.6 is 0 Å². The molecule has 7 nitrogen and oxygen atoms in total. The number of aliphatic hydroxyl groups is 4. The third-order valence-corrected chi connectivity index (χ3v) is 2.57. The SMILES string of the molecule is O=C(O)C1CC(O)CC(C(O)C(O)CO)O1. The molecule has 7 heteroatoms. The van der Waals surface area contributed by atoms with Crippen LogP contribution in [0.3, 0.4) is 0 Å². The largest absolute Gasteiger partial charge is 0.479 e. The molecule has 1 aliphatic rings. The van der Waals surface area contributed by atoms with Crippen molar-refractivity contribution in [1.82, 2.24) is 0 Å². The van der Waals surface area contributed by atoms with Crippen LogP contribution in [0.5, 0.6) is 0 Å². The third kappa shape index (κ3) is 3.13. The van der Waals surface area contributed by atoms with E-state index in [-0.39, 0.29) is 12.8 Å². The van der Waals surface area contributed by atoms with Gasteiger partial charge in [-0.05, 0) is 0 Å². The van der Waals surface area contributed by atoms with Gasteiger partial charge in [0, 0.05) is 12.8 Å². The Labute approximate surface area is 91.9 Å². The van der Waals surface area contributed by atoms with Crippen molar-refractivity contribution in [3.8, 4) is 0 Å². The molecule has 0 aromatic carbocycles. The summed E-state index contributed by atoms with van der Waals surface area (Å²) in [7, 11) is 0. The van der Waals surface area contributed by atoms with Crippen molar-refractivity contribution in [3.63, 3.8) is 0 Å². The summed E-state index contributed by atoms with van der Waals surface area (Å²) in [6.07, 6.45) is -5.94. The number of rotatable bonds is 4. The lowest BCUT2D eigenvalue weighted by atomic mass is 9.95. The molecule has 1 saturated heterocycles. The molecular weight excluding hydrogens is 220 g/mol. The minimum atomic E-state index is -1.42. The lowest BCUT2D eigenvalue weighted by Gasteiger charge is -2.34. The van der Waals surface area contributed by atoms with Crippen LogP contribution in [-0.4, -0.2) is 68.6 Å². The number of aliphatic hydroxyl groups excluding tert-OH is 4. The lowest BCUT2D eigenvalue weighted by molar-refractivity contribution is -0.186. The molecule has 5 unspecified atom stereocenters. The molecule has 0 saturated carbocycles. The van der Waals surface area contributed by atoms with Gasteiger partial charge in [0.15, 0.2) is 6.10 Å². The molecule has 0 aliphatic carbocycles. The van der Waals surface area contributed by atoms with Crippen LogP contribution in [0.1, 0.15) is 12.8 Å². The Kier molecular flexibility index (Phi) is 4.63. The van der Waals surface area contributed by atoms with E-state index in [9.17, 15) is 20.1 Å². The molecule has 0 amide bonds. The zero-order valence-corrected chi connectivity index (χ0v) is 8.56. The highest BCUT2D eigenvalue weighted by Gasteiger charge is 2.38. The molecule has 5 atom stereocenters. The van der Waals surface area contributed by atoms with Crippen molar-refractivity contribution in [2.24, 2.45) is 0 Å². The van der Waals surface area contributed by atoms with Crippen LogP contribution in [-0.2, 0) is 9.53 Å². The summed E-state index contributed by atoms with van der Waals surface area (Å²) in [5.41, 5.74) is 0. The van der Waals surface area contributed by atoms with E-state index in [0.717, 1.165) is 0 Å². The molecule has 5 N–H and O–H groups in total. The van der Waals surface area contributed by atoms with Gasteiger partial charge < -0.3 is 30.3 Å². The van der Waals surface area contributed by atoms with E-state index in [1.165, 1.54) is 0 Å². The highest BCUT2D eigenvalue weighted by atomic mass is 16.5. The number of carboxylic acids is 1. The highest BCUT2D eigenvalue weighted by molar-refractivity contribution is 5.72. The van der Waals surface area contributed by atoms with Gasteiger partial charge in [-0.3, -0.25) is 0 Å². The molecule has 1 heterocycles. The van der Waals surface area contributed by atoms with Crippen LogP contribution < -0.4 is 0 Å². The Morgan fingerprint density at radius 1 is 1.38 bits per heavy atom. The minimum absolute atomic E-state index is 0.0298. The highest BCUT2D eigenvalue weighted by Crippen LogP contribution is 2.23. The van der Waals surface area contributed by atoms with Crippen LogP contribution in [0.15, 0.2) is 0 Å². The summed E-state index contributed by atoms with van der Waals surface area (Å²) >= 11 is 0. The summed E-state index contributed by atoms with van der Waals surface area (Å²) in [5.74, 6) is -1.23. The number of aliphatic carboxylic acids is 1. The van der Waals surface area contributed by atoms with Crippen molar-refractivity contribution >= 4 is 5.97 Å². The first kappa shape index (κ1) is 13.3. The predicted molar refractivity (Wildman–Crippen MR) is 50.6 cm³/mol. The van der Waals surface area contributed by atoms with Crippen molar-refractivity contribution in [2.45, 2.75) is 43.4 Å². The fraction of sp³-hybridized carbons (Fsp3) is 0.889. The second kappa shape index (κ2) is 5.55. The van der Waals surface area contributed by atoms with Crippen LogP contribution in [0.2, 0.25) is 0 Å². The Balaban J connectivity index is 2.63. The number of carbonyl (C=O) groups is 1. The number of ether oxygens (including phenoxy) is 1. The van der Waals surface area contributed by atoms with Gasteiger partial charge in [0.1, 0.15) is 12.2 Å². The first-order valence-electron chi connectivity index (χ1n) is 4.99. The summed E-state index contributed by atoms with van der Waals surface area (Å²) in [4.78, 5) is 10.7. The first-order chi connectivity index (χ1) is 7.45. The van der Waals surface area contributed by atoms with E-state index in [1.54, 1.807) is 0 Å². The molecule has 16 heavy (non-hydrogen) atoms. The van der Waals surface area contributed by atoms with E-state index in [0.29, 0.717) is 0 Å². The Morgan fingerprint density at radius 2 is 2.00 bits per heavy atom. The summed E-state index contributed by atoms with van der Waals surface area (Å²) < 4.78 is 5.02. The fourth-order valence-electron chi connectivity index (χ4n) is 1.67. The number of hydrogen-bond donors (Lipinski definition) is 5. The van der Waals surface area contributed by atoms with E-state index in [4.69, 9.17) is 14.9 Å². The predicted octanol–water partition coefficient (Wildman–Crippen LogP) is -2.31. The minimum Gasteiger partial charge on any atom is -0.479 e. The quantitative estimate of drug-likeness (QED) is 0.371. The van der Waals surface area contributed by atoms with Crippen molar-refractivity contribution in [2.75, 3.05) is 6.61 Å². The van der Waals surface area contributed by atoms with E-state index >= 15 is 0 Å².